The number of carbonyl (C=O) groups is 1. The highest BCUT2D eigenvalue weighted by Crippen LogP contribution is 2.23. The Morgan fingerprint density at radius 3 is 2.93 bits per heavy atom. The van der Waals surface area contributed by atoms with Gasteiger partial charge in [-0.05, 0) is 14.0 Å². The Labute approximate surface area is 94.2 Å². The zero-order valence-corrected chi connectivity index (χ0v) is 10.3. The molecule has 0 aromatic carbocycles. The fourth-order valence-electron chi connectivity index (χ4n) is 1.11. The van der Waals surface area contributed by atoms with Crippen molar-refractivity contribution < 1.29 is 4.79 Å². The lowest BCUT2D eigenvalue weighted by Crippen LogP contribution is -2.42. The third-order valence-electron chi connectivity index (χ3n) is 2.18. The highest BCUT2D eigenvalue weighted by Gasteiger charge is 2.21. The number of thioether (sulfide) groups is 2. The largest absolute Gasteiger partial charge is 0.354 e. The molecule has 1 aliphatic heterocycles. The SMILES string of the molecule is CNC(C)CNC(=O)C1CSCCS1. The lowest BCUT2D eigenvalue weighted by atomic mass is 10.3. The predicted molar refractivity (Wildman–Crippen MR) is 65.1 cm³/mol. The van der Waals surface area contributed by atoms with E-state index in [1.807, 2.05) is 18.8 Å². The standard InChI is InChI=1S/C9H18N2OS2/c1-7(10-2)5-11-9(12)8-6-13-3-4-14-8/h7-8,10H,3-6H2,1-2H3,(H,11,12). The average molecular weight is 234 g/mol. The van der Waals surface area contributed by atoms with Crippen molar-refractivity contribution in [1.82, 2.24) is 10.6 Å². The number of rotatable bonds is 4. The molecule has 0 aromatic heterocycles. The highest BCUT2D eigenvalue weighted by atomic mass is 32.2. The smallest absolute Gasteiger partial charge is 0.234 e. The van der Waals surface area contributed by atoms with Crippen molar-refractivity contribution in [3.05, 3.63) is 0 Å². The fraction of sp³-hybridized carbons (Fsp3) is 0.889. The molecule has 5 heteroatoms. The molecule has 1 aliphatic rings. The van der Waals surface area contributed by atoms with Gasteiger partial charge in [0.25, 0.3) is 0 Å². The Hall–Kier alpha value is 0.130. The van der Waals surface area contributed by atoms with E-state index >= 15 is 0 Å². The number of nitrogens with one attached hydrogen (secondary N) is 2. The van der Waals surface area contributed by atoms with Crippen LogP contribution in [0.3, 0.4) is 0 Å². The molecule has 0 radical (unpaired) electrons. The minimum absolute atomic E-state index is 0.165. The van der Waals surface area contributed by atoms with Crippen LogP contribution in [0.5, 0.6) is 0 Å². The van der Waals surface area contributed by atoms with Crippen LogP contribution in [0.15, 0.2) is 0 Å². The van der Waals surface area contributed by atoms with Crippen molar-refractivity contribution in [3.8, 4) is 0 Å². The lowest BCUT2D eigenvalue weighted by molar-refractivity contribution is -0.120. The molecule has 0 saturated carbocycles. The van der Waals surface area contributed by atoms with Gasteiger partial charge in [-0.15, -0.1) is 11.8 Å². The molecule has 2 atom stereocenters. The second-order valence-electron chi connectivity index (χ2n) is 3.37. The first-order valence-corrected chi connectivity index (χ1v) is 7.08. The molecule has 0 aliphatic carbocycles. The van der Waals surface area contributed by atoms with Crippen LogP contribution in [0, 0.1) is 0 Å². The van der Waals surface area contributed by atoms with Gasteiger partial charge in [0.2, 0.25) is 5.91 Å². The van der Waals surface area contributed by atoms with Gasteiger partial charge < -0.3 is 10.6 Å². The summed E-state index contributed by atoms with van der Waals surface area (Å²) in [5.41, 5.74) is 0. The molecule has 0 aromatic rings. The van der Waals surface area contributed by atoms with E-state index in [0.717, 1.165) is 18.1 Å². The van der Waals surface area contributed by atoms with Gasteiger partial charge in [0, 0.05) is 29.8 Å². The van der Waals surface area contributed by atoms with E-state index in [4.69, 9.17) is 0 Å². The first-order chi connectivity index (χ1) is 6.74. The Kier molecular flexibility index (Phi) is 5.74. The molecule has 1 rings (SSSR count). The summed E-state index contributed by atoms with van der Waals surface area (Å²) in [6, 6.07) is 0.347. The topological polar surface area (TPSA) is 41.1 Å². The molecule has 1 heterocycles. The average Bonchev–Trinajstić information content (AvgIpc) is 2.26. The Morgan fingerprint density at radius 2 is 2.36 bits per heavy atom. The summed E-state index contributed by atoms with van der Waals surface area (Å²) in [6.07, 6.45) is 0. The van der Waals surface area contributed by atoms with Crippen molar-refractivity contribution >= 4 is 29.4 Å². The molecule has 2 N–H and O–H groups in total. The van der Waals surface area contributed by atoms with Crippen LogP contribution >= 0.6 is 23.5 Å². The van der Waals surface area contributed by atoms with Crippen LogP contribution in [0.1, 0.15) is 6.92 Å². The first kappa shape index (κ1) is 12.2. The maximum atomic E-state index is 11.6. The molecule has 1 fully saturated rings. The summed E-state index contributed by atoms with van der Waals surface area (Å²) in [7, 11) is 1.90. The van der Waals surface area contributed by atoms with Crippen LogP contribution in [0.2, 0.25) is 0 Å². The molecule has 82 valence electrons. The van der Waals surface area contributed by atoms with Gasteiger partial charge in [0.15, 0.2) is 0 Å². The van der Waals surface area contributed by atoms with Crippen molar-refractivity contribution in [2.75, 3.05) is 30.9 Å². The minimum Gasteiger partial charge on any atom is -0.354 e. The summed E-state index contributed by atoms with van der Waals surface area (Å²) < 4.78 is 0. The van der Waals surface area contributed by atoms with Crippen molar-refractivity contribution in [1.29, 1.82) is 0 Å². The van der Waals surface area contributed by atoms with E-state index in [-0.39, 0.29) is 11.2 Å². The number of carbonyl (C=O) groups excluding carboxylic acids is 1. The van der Waals surface area contributed by atoms with E-state index in [9.17, 15) is 4.79 Å². The zero-order chi connectivity index (χ0) is 10.4. The molecule has 2 unspecified atom stereocenters. The van der Waals surface area contributed by atoms with Crippen LogP contribution in [0.4, 0.5) is 0 Å². The van der Waals surface area contributed by atoms with Crippen molar-refractivity contribution in [3.63, 3.8) is 0 Å². The molecule has 14 heavy (non-hydrogen) atoms. The third-order valence-corrected chi connectivity index (χ3v) is 4.94. The summed E-state index contributed by atoms with van der Waals surface area (Å²) >= 11 is 3.65. The van der Waals surface area contributed by atoms with E-state index < -0.39 is 0 Å². The van der Waals surface area contributed by atoms with Gasteiger partial charge in [0.05, 0.1) is 5.25 Å². The summed E-state index contributed by atoms with van der Waals surface area (Å²) in [6.45, 7) is 2.78. The minimum atomic E-state index is 0.165. The van der Waals surface area contributed by atoms with Crippen LogP contribution in [-0.4, -0.2) is 48.0 Å². The molecular weight excluding hydrogens is 216 g/mol. The summed E-state index contributed by atoms with van der Waals surface area (Å²) in [5.74, 6) is 3.44. The second kappa shape index (κ2) is 6.58. The van der Waals surface area contributed by atoms with E-state index in [2.05, 4.69) is 17.6 Å². The highest BCUT2D eigenvalue weighted by molar-refractivity contribution is 8.07. The normalized spacial score (nSPS) is 24.3. The maximum Gasteiger partial charge on any atom is 0.234 e. The van der Waals surface area contributed by atoms with Crippen molar-refractivity contribution in [2.24, 2.45) is 0 Å². The Balaban J connectivity index is 2.19. The van der Waals surface area contributed by atoms with Gasteiger partial charge in [-0.3, -0.25) is 4.79 Å². The second-order valence-corrected chi connectivity index (χ2v) is 5.83. The number of amides is 1. The van der Waals surface area contributed by atoms with Gasteiger partial charge in [-0.25, -0.2) is 0 Å². The lowest BCUT2D eigenvalue weighted by Gasteiger charge is -2.21. The Bertz CT molecular complexity index is 184. The first-order valence-electron chi connectivity index (χ1n) is 4.88. The number of hydrogen-bond acceptors (Lipinski definition) is 4. The van der Waals surface area contributed by atoms with Gasteiger partial charge in [-0.2, -0.15) is 11.8 Å². The van der Waals surface area contributed by atoms with Gasteiger partial charge in [-0.1, -0.05) is 0 Å². The molecule has 1 amide bonds. The third kappa shape index (κ3) is 4.11. The van der Waals surface area contributed by atoms with Crippen LogP contribution in [-0.2, 0) is 4.79 Å². The van der Waals surface area contributed by atoms with E-state index in [1.54, 1.807) is 11.8 Å². The zero-order valence-electron chi connectivity index (χ0n) is 8.71. The molecule has 1 saturated heterocycles. The quantitative estimate of drug-likeness (QED) is 0.746. The maximum absolute atomic E-state index is 11.6. The molecule has 0 bridgehead atoms. The Morgan fingerprint density at radius 1 is 1.57 bits per heavy atom. The van der Waals surface area contributed by atoms with E-state index in [0.29, 0.717) is 6.04 Å². The van der Waals surface area contributed by atoms with Crippen molar-refractivity contribution in [2.45, 2.75) is 18.2 Å². The number of likely N-dealkylation sites (N-methyl/N-ethyl adjacent to an activating group) is 1. The van der Waals surface area contributed by atoms with E-state index in [1.165, 1.54) is 5.75 Å². The predicted octanol–water partition coefficient (Wildman–Crippen LogP) is 0.559. The summed E-state index contributed by atoms with van der Waals surface area (Å²) in [5, 5.41) is 6.23. The monoisotopic (exact) mass is 234 g/mol. The summed E-state index contributed by atoms with van der Waals surface area (Å²) in [4.78, 5) is 11.6. The van der Waals surface area contributed by atoms with Gasteiger partial charge in [0.1, 0.15) is 0 Å². The molecule has 0 spiro atoms. The fourth-order valence-corrected chi connectivity index (χ4v) is 3.69. The van der Waals surface area contributed by atoms with Crippen LogP contribution < -0.4 is 10.6 Å². The molecule has 3 nitrogen and oxygen atoms in total. The molecular formula is C9H18N2OS2. The van der Waals surface area contributed by atoms with Gasteiger partial charge >= 0.3 is 0 Å². The number of hydrogen-bond donors (Lipinski definition) is 2. The van der Waals surface area contributed by atoms with Crippen LogP contribution in [0.25, 0.3) is 0 Å².